The average molecular weight is 350 g/mol. The first-order valence-corrected chi connectivity index (χ1v) is 7.82. The Kier molecular flexibility index (Phi) is 8.44. The number of anilines is 1. The highest BCUT2D eigenvalue weighted by molar-refractivity contribution is 5.46. The van der Waals surface area contributed by atoms with Crippen LogP contribution in [0.25, 0.3) is 0 Å². The summed E-state index contributed by atoms with van der Waals surface area (Å²) in [4.78, 5) is 2.11. The largest absolute Gasteiger partial charge is 1.00 e. The summed E-state index contributed by atoms with van der Waals surface area (Å²) in [5.74, 6) is 1.55. The summed E-state index contributed by atoms with van der Waals surface area (Å²) in [6, 6.07) is 14.7. The van der Waals surface area contributed by atoms with Crippen molar-refractivity contribution in [2.45, 2.75) is 13.0 Å². The van der Waals surface area contributed by atoms with Crippen LogP contribution in [0.2, 0.25) is 0 Å². The fourth-order valence-electron chi connectivity index (χ4n) is 2.41. The predicted molar refractivity (Wildman–Crippen MR) is 95.7 cm³/mol. The van der Waals surface area contributed by atoms with Crippen LogP contribution < -0.4 is 32.1 Å². The zero-order chi connectivity index (χ0) is 16.7. The summed E-state index contributed by atoms with van der Waals surface area (Å²) in [5.41, 5.74) is 3.75. The molecule has 0 saturated carbocycles. The van der Waals surface area contributed by atoms with Gasteiger partial charge in [0.2, 0.25) is 0 Å². The Bertz CT molecular complexity index is 615. The number of benzene rings is 2. The lowest BCUT2D eigenvalue weighted by molar-refractivity contribution is -0.00000536. The van der Waals surface area contributed by atoms with Crippen molar-refractivity contribution in [3.63, 3.8) is 0 Å². The Morgan fingerprint density at radius 1 is 0.875 bits per heavy atom. The van der Waals surface area contributed by atoms with Crippen LogP contribution in [0.1, 0.15) is 11.1 Å². The van der Waals surface area contributed by atoms with Crippen molar-refractivity contribution in [2.24, 2.45) is 0 Å². The number of rotatable bonds is 8. The Labute approximate surface area is 151 Å². The molecule has 5 heteroatoms. The third kappa shape index (κ3) is 5.62. The molecule has 0 heterocycles. The minimum Gasteiger partial charge on any atom is -1.00 e. The van der Waals surface area contributed by atoms with Crippen molar-refractivity contribution in [2.75, 3.05) is 39.8 Å². The zero-order valence-electron chi connectivity index (χ0n) is 14.8. The first-order valence-electron chi connectivity index (χ1n) is 7.82. The molecule has 1 N–H and O–H groups in total. The Morgan fingerprint density at radius 3 is 2.08 bits per heavy atom. The van der Waals surface area contributed by atoms with Crippen molar-refractivity contribution in [3.05, 3.63) is 53.6 Å². The molecule has 0 amide bonds. The maximum Gasteiger partial charge on any atom is 0.160 e. The van der Waals surface area contributed by atoms with Crippen LogP contribution in [0.4, 0.5) is 5.69 Å². The van der Waals surface area contributed by atoms with Crippen LogP contribution in [0.3, 0.4) is 0 Å². The molecule has 2 aromatic rings. The van der Waals surface area contributed by atoms with E-state index in [2.05, 4.69) is 54.6 Å². The molecule has 2 aromatic carbocycles. The number of nitrogens with zero attached hydrogens (tertiary/aromatic N) is 1. The van der Waals surface area contributed by atoms with Gasteiger partial charge in [0, 0.05) is 26.3 Å². The summed E-state index contributed by atoms with van der Waals surface area (Å²) in [6.45, 7) is 1.80. The Morgan fingerprint density at radius 2 is 1.50 bits per heavy atom. The summed E-state index contributed by atoms with van der Waals surface area (Å²) in [6.07, 6.45) is 0.954. The van der Waals surface area contributed by atoms with E-state index in [4.69, 9.17) is 9.47 Å². The Hall–Kier alpha value is -1.91. The molecule has 0 spiro atoms. The van der Waals surface area contributed by atoms with E-state index in [-0.39, 0.29) is 12.4 Å². The van der Waals surface area contributed by atoms with Crippen LogP contribution in [-0.2, 0) is 13.0 Å². The van der Waals surface area contributed by atoms with E-state index in [1.807, 2.05) is 12.1 Å². The summed E-state index contributed by atoms with van der Waals surface area (Å²) in [7, 11) is 7.42. The van der Waals surface area contributed by atoms with Gasteiger partial charge in [-0.05, 0) is 48.4 Å². The molecule has 4 nitrogen and oxygen atoms in total. The molecule has 0 saturated heterocycles. The molecule has 0 aliphatic carbocycles. The van der Waals surface area contributed by atoms with Gasteiger partial charge in [-0.3, -0.25) is 0 Å². The van der Waals surface area contributed by atoms with Gasteiger partial charge in [-0.15, -0.1) is 0 Å². The fourth-order valence-corrected chi connectivity index (χ4v) is 2.41. The molecule has 0 aliphatic rings. The number of methoxy groups -OCH3 is 2. The molecule has 132 valence electrons. The lowest BCUT2D eigenvalue weighted by Crippen LogP contribution is -3.00. The highest BCUT2D eigenvalue weighted by Gasteiger charge is 2.04. The lowest BCUT2D eigenvalue weighted by atomic mass is 10.1. The van der Waals surface area contributed by atoms with Crippen LogP contribution >= 0.6 is 0 Å². The van der Waals surface area contributed by atoms with Gasteiger partial charge in [0.1, 0.15) is 0 Å². The van der Waals surface area contributed by atoms with Gasteiger partial charge in [0.15, 0.2) is 11.5 Å². The van der Waals surface area contributed by atoms with Crippen molar-refractivity contribution >= 4 is 5.69 Å². The van der Waals surface area contributed by atoms with Gasteiger partial charge in [-0.25, -0.2) is 0 Å². The maximum absolute atomic E-state index is 5.33. The van der Waals surface area contributed by atoms with Crippen molar-refractivity contribution in [1.29, 1.82) is 0 Å². The van der Waals surface area contributed by atoms with E-state index in [0.717, 1.165) is 31.0 Å². The van der Waals surface area contributed by atoms with E-state index in [1.54, 1.807) is 14.2 Å². The fraction of sp³-hybridized carbons (Fsp3) is 0.368. The second kappa shape index (κ2) is 10.1. The average Bonchev–Trinajstić information content (AvgIpc) is 2.58. The minimum atomic E-state index is 0. The van der Waals surface area contributed by atoms with Gasteiger partial charge >= 0.3 is 0 Å². The lowest BCUT2D eigenvalue weighted by Gasteiger charge is -2.13. The molecule has 0 aliphatic heterocycles. The molecule has 0 radical (unpaired) electrons. The van der Waals surface area contributed by atoms with Gasteiger partial charge in [0.05, 0.1) is 14.2 Å². The molecule has 0 aromatic heterocycles. The minimum absolute atomic E-state index is 0. The van der Waals surface area contributed by atoms with Crippen molar-refractivity contribution in [1.82, 2.24) is 5.32 Å². The van der Waals surface area contributed by atoms with E-state index in [0.29, 0.717) is 0 Å². The third-order valence-electron chi connectivity index (χ3n) is 3.82. The maximum atomic E-state index is 5.33. The molecule has 0 unspecified atom stereocenters. The molecular weight excluding hydrogens is 324 g/mol. The molecule has 0 fully saturated rings. The third-order valence-corrected chi connectivity index (χ3v) is 3.82. The second-order valence-electron chi connectivity index (χ2n) is 5.68. The predicted octanol–water partition coefficient (Wildman–Crippen LogP) is 0.106. The van der Waals surface area contributed by atoms with Crippen LogP contribution in [0.15, 0.2) is 42.5 Å². The highest BCUT2D eigenvalue weighted by Crippen LogP contribution is 2.27. The molecule has 24 heavy (non-hydrogen) atoms. The first-order chi connectivity index (χ1) is 11.1. The molecular formula is C19H26ClN2O2-. The number of nitrogens with one attached hydrogen (secondary N) is 1. The van der Waals surface area contributed by atoms with E-state index in [1.165, 1.54) is 16.8 Å². The number of hydrogen-bond acceptors (Lipinski definition) is 4. The molecule has 2 rings (SSSR count). The van der Waals surface area contributed by atoms with Crippen LogP contribution in [0.5, 0.6) is 11.5 Å². The zero-order valence-corrected chi connectivity index (χ0v) is 15.6. The first kappa shape index (κ1) is 20.1. The standard InChI is InChI=1S/C19H26N2O2.ClH/c1-21(2)17-8-5-16(6-9-17)14-20-12-11-15-7-10-18(22-3)19(13-15)23-4;/h5-10,13,20H,11-12,14H2,1-4H3;1H/p-1. The molecule has 0 bridgehead atoms. The van der Waals surface area contributed by atoms with Gasteiger partial charge < -0.3 is 32.1 Å². The number of hydrogen-bond donors (Lipinski definition) is 1. The van der Waals surface area contributed by atoms with E-state index in [9.17, 15) is 0 Å². The van der Waals surface area contributed by atoms with Crippen molar-refractivity contribution < 1.29 is 21.9 Å². The van der Waals surface area contributed by atoms with E-state index < -0.39 is 0 Å². The van der Waals surface area contributed by atoms with Gasteiger partial charge in [-0.1, -0.05) is 18.2 Å². The Balaban J connectivity index is 0.00000288. The number of halogens is 1. The smallest absolute Gasteiger partial charge is 0.160 e. The van der Waals surface area contributed by atoms with Gasteiger partial charge in [0.25, 0.3) is 0 Å². The number of ether oxygens (including phenoxy) is 2. The quantitative estimate of drug-likeness (QED) is 0.686. The van der Waals surface area contributed by atoms with Crippen LogP contribution in [-0.4, -0.2) is 34.9 Å². The summed E-state index contributed by atoms with van der Waals surface area (Å²) >= 11 is 0. The SMILES string of the molecule is COc1ccc(CCNCc2ccc(N(C)C)cc2)cc1OC.[Cl-]. The van der Waals surface area contributed by atoms with E-state index >= 15 is 0 Å². The monoisotopic (exact) mass is 349 g/mol. The second-order valence-corrected chi connectivity index (χ2v) is 5.68. The summed E-state index contributed by atoms with van der Waals surface area (Å²) < 4.78 is 10.6. The topological polar surface area (TPSA) is 33.7 Å². The van der Waals surface area contributed by atoms with Crippen LogP contribution in [0, 0.1) is 0 Å². The highest BCUT2D eigenvalue weighted by atomic mass is 35.5. The summed E-state index contributed by atoms with van der Waals surface area (Å²) in [5, 5.41) is 3.48. The van der Waals surface area contributed by atoms with Crippen molar-refractivity contribution in [3.8, 4) is 11.5 Å². The molecule has 0 atom stereocenters. The van der Waals surface area contributed by atoms with Gasteiger partial charge in [-0.2, -0.15) is 0 Å². The normalized spacial score (nSPS) is 10.0.